The highest BCUT2D eigenvalue weighted by Crippen LogP contribution is 2.31. The zero-order chi connectivity index (χ0) is 13.6. The lowest BCUT2D eigenvalue weighted by Crippen LogP contribution is -2.41. The highest BCUT2D eigenvalue weighted by Gasteiger charge is 2.32. The smallest absolute Gasteiger partial charge is 0.150 e. The van der Waals surface area contributed by atoms with Gasteiger partial charge in [0.2, 0.25) is 0 Å². The normalized spacial score (nSPS) is 27.1. The fourth-order valence-electron chi connectivity index (χ4n) is 2.75. The van der Waals surface area contributed by atoms with Gasteiger partial charge in [0.15, 0.2) is 0 Å². The molecule has 0 aromatic rings. The Hall–Kier alpha value is 0.260. The summed E-state index contributed by atoms with van der Waals surface area (Å²) in [5, 5.41) is 3.28. The van der Waals surface area contributed by atoms with E-state index in [4.69, 9.17) is 0 Å². The topological polar surface area (TPSA) is 46.2 Å². The highest BCUT2D eigenvalue weighted by atomic mass is 32.2. The molecule has 0 aliphatic heterocycles. The number of nitrogens with one attached hydrogen (secondary N) is 1. The van der Waals surface area contributed by atoms with Crippen molar-refractivity contribution in [1.82, 2.24) is 5.32 Å². The van der Waals surface area contributed by atoms with Crippen LogP contribution in [-0.4, -0.2) is 44.5 Å². The molecule has 1 aliphatic rings. The first-order valence-electron chi connectivity index (χ1n) is 6.92. The summed E-state index contributed by atoms with van der Waals surface area (Å²) in [7, 11) is -0.859. The van der Waals surface area contributed by atoms with E-state index in [-0.39, 0.29) is 5.25 Å². The van der Waals surface area contributed by atoms with E-state index in [0.717, 1.165) is 25.0 Å². The lowest BCUT2D eigenvalue weighted by atomic mass is 9.84. The van der Waals surface area contributed by atoms with Crippen LogP contribution in [0.1, 0.15) is 39.0 Å². The van der Waals surface area contributed by atoms with Crippen LogP contribution in [0.5, 0.6) is 0 Å². The van der Waals surface area contributed by atoms with E-state index in [1.54, 1.807) is 0 Å². The first kappa shape index (κ1) is 16.3. The molecule has 3 unspecified atom stereocenters. The summed E-state index contributed by atoms with van der Waals surface area (Å²) >= 11 is 1.98. The van der Waals surface area contributed by atoms with Gasteiger partial charge in [-0.3, -0.25) is 0 Å². The Balaban J connectivity index is 2.52. The van der Waals surface area contributed by atoms with Crippen LogP contribution in [0, 0.1) is 5.92 Å². The van der Waals surface area contributed by atoms with Crippen molar-refractivity contribution in [2.24, 2.45) is 5.92 Å². The summed E-state index contributed by atoms with van der Waals surface area (Å²) in [6.07, 6.45) is 6.52. The first-order chi connectivity index (χ1) is 8.49. The second kappa shape index (κ2) is 7.75. The predicted octanol–water partition coefficient (Wildman–Crippen LogP) is 2.32. The summed E-state index contributed by atoms with van der Waals surface area (Å²) in [4.78, 5) is 0. The molecular formula is C13H27NO2S2. The second-order valence-corrected chi connectivity index (χ2v) is 8.82. The zero-order valence-electron chi connectivity index (χ0n) is 11.8. The fraction of sp³-hybridized carbons (Fsp3) is 1.00. The van der Waals surface area contributed by atoms with Gasteiger partial charge in [-0.05, 0) is 44.4 Å². The van der Waals surface area contributed by atoms with Crippen molar-refractivity contribution in [3.8, 4) is 0 Å². The predicted molar refractivity (Wildman–Crippen MR) is 81.1 cm³/mol. The van der Waals surface area contributed by atoms with Gasteiger partial charge in [0, 0.05) is 18.1 Å². The molecule has 0 radical (unpaired) electrons. The number of thioether (sulfide) groups is 1. The monoisotopic (exact) mass is 293 g/mol. The minimum atomic E-state index is -2.86. The molecule has 3 atom stereocenters. The molecule has 0 spiro atoms. The molecular weight excluding hydrogens is 266 g/mol. The van der Waals surface area contributed by atoms with Gasteiger partial charge in [-0.25, -0.2) is 8.42 Å². The molecule has 1 saturated carbocycles. The highest BCUT2D eigenvalue weighted by molar-refractivity contribution is 7.99. The molecule has 1 aliphatic carbocycles. The van der Waals surface area contributed by atoms with Crippen molar-refractivity contribution in [3.63, 3.8) is 0 Å². The number of hydrogen-bond donors (Lipinski definition) is 1. The number of rotatable bonds is 7. The number of sulfone groups is 1. The average molecular weight is 293 g/mol. The summed E-state index contributed by atoms with van der Waals surface area (Å²) in [6.45, 7) is 2.20. The largest absolute Gasteiger partial charge is 0.316 e. The van der Waals surface area contributed by atoms with Crippen LogP contribution in [0.4, 0.5) is 0 Å². The average Bonchev–Trinajstić information content (AvgIpc) is 2.34. The van der Waals surface area contributed by atoms with Crippen LogP contribution in [0.2, 0.25) is 0 Å². The Morgan fingerprint density at radius 2 is 2.11 bits per heavy atom. The van der Waals surface area contributed by atoms with Crippen LogP contribution in [0.3, 0.4) is 0 Å². The van der Waals surface area contributed by atoms with Gasteiger partial charge in [-0.2, -0.15) is 11.8 Å². The van der Waals surface area contributed by atoms with E-state index in [9.17, 15) is 8.42 Å². The zero-order valence-corrected chi connectivity index (χ0v) is 13.4. The molecule has 0 aromatic carbocycles. The third kappa shape index (κ3) is 5.10. The summed E-state index contributed by atoms with van der Waals surface area (Å²) < 4.78 is 23.4. The Morgan fingerprint density at radius 1 is 1.39 bits per heavy atom. The van der Waals surface area contributed by atoms with Gasteiger partial charge in [-0.15, -0.1) is 0 Å². The molecule has 18 heavy (non-hydrogen) atoms. The maximum atomic E-state index is 11.7. The Morgan fingerprint density at radius 3 is 2.67 bits per heavy atom. The van der Waals surface area contributed by atoms with Crippen LogP contribution >= 0.6 is 11.8 Å². The number of hydrogen-bond acceptors (Lipinski definition) is 4. The Labute approximate surface area is 116 Å². The van der Waals surface area contributed by atoms with Gasteiger partial charge in [0.05, 0.1) is 5.25 Å². The minimum Gasteiger partial charge on any atom is -0.316 e. The molecule has 1 N–H and O–H groups in total. The minimum absolute atomic E-state index is 0.108. The van der Waals surface area contributed by atoms with E-state index in [1.807, 2.05) is 18.8 Å². The summed E-state index contributed by atoms with van der Waals surface area (Å²) in [6, 6.07) is 0.464. The SMILES string of the molecule is CCCSCC(NC)C1CCCC(S(C)(=O)=O)C1. The molecule has 0 saturated heterocycles. The van der Waals surface area contributed by atoms with Gasteiger partial charge in [0.25, 0.3) is 0 Å². The van der Waals surface area contributed by atoms with Gasteiger partial charge >= 0.3 is 0 Å². The lowest BCUT2D eigenvalue weighted by molar-refractivity contribution is 0.295. The third-order valence-electron chi connectivity index (χ3n) is 3.86. The van der Waals surface area contributed by atoms with Gasteiger partial charge < -0.3 is 5.32 Å². The summed E-state index contributed by atoms with van der Waals surface area (Å²) in [5.41, 5.74) is 0. The van der Waals surface area contributed by atoms with Crippen LogP contribution < -0.4 is 5.32 Å². The molecule has 1 rings (SSSR count). The van der Waals surface area contributed by atoms with Crippen LogP contribution in [0.25, 0.3) is 0 Å². The molecule has 108 valence electrons. The van der Waals surface area contributed by atoms with Crippen LogP contribution in [0.15, 0.2) is 0 Å². The molecule has 0 heterocycles. The Kier molecular flexibility index (Phi) is 7.03. The van der Waals surface area contributed by atoms with E-state index >= 15 is 0 Å². The Bertz CT molecular complexity index is 330. The van der Waals surface area contributed by atoms with Crippen molar-refractivity contribution in [2.45, 2.75) is 50.3 Å². The quantitative estimate of drug-likeness (QED) is 0.732. The maximum absolute atomic E-state index is 11.7. The lowest BCUT2D eigenvalue weighted by Gasteiger charge is -2.33. The van der Waals surface area contributed by atoms with E-state index in [2.05, 4.69) is 12.2 Å². The summed E-state index contributed by atoms with van der Waals surface area (Å²) in [5.74, 6) is 2.82. The standard InChI is InChI=1S/C13H27NO2S2/c1-4-8-17-10-13(14-2)11-6-5-7-12(9-11)18(3,15)16/h11-14H,4-10H2,1-3H3. The molecule has 5 heteroatoms. The van der Waals surface area contributed by atoms with Crippen molar-refractivity contribution in [2.75, 3.05) is 24.8 Å². The van der Waals surface area contributed by atoms with E-state index in [0.29, 0.717) is 12.0 Å². The molecule has 0 aromatic heterocycles. The maximum Gasteiger partial charge on any atom is 0.150 e. The van der Waals surface area contributed by atoms with Crippen LogP contribution in [-0.2, 0) is 9.84 Å². The van der Waals surface area contributed by atoms with E-state index < -0.39 is 9.84 Å². The third-order valence-corrected chi connectivity index (χ3v) is 6.79. The van der Waals surface area contributed by atoms with Crippen molar-refractivity contribution < 1.29 is 8.42 Å². The van der Waals surface area contributed by atoms with E-state index in [1.165, 1.54) is 24.9 Å². The first-order valence-corrected chi connectivity index (χ1v) is 10.0. The van der Waals surface area contributed by atoms with Gasteiger partial charge in [-0.1, -0.05) is 13.3 Å². The molecule has 1 fully saturated rings. The fourth-order valence-corrected chi connectivity index (χ4v) is 5.08. The molecule has 3 nitrogen and oxygen atoms in total. The van der Waals surface area contributed by atoms with Gasteiger partial charge in [0.1, 0.15) is 9.84 Å². The molecule has 0 amide bonds. The van der Waals surface area contributed by atoms with Crippen molar-refractivity contribution >= 4 is 21.6 Å². The second-order valence-electron chi connectivity index (χ2n) is 5.35. The van der Waals surface area contributed by atoms with Crippen molar-refractivity contribution in [3.05, 3.63) is 0 Å². The molecule has 0 bridgehead atoms. The van der Waals surface area contributed by atoms with Crippen molar-refractivity contribution in [1.29, 1.82) is 0 Å².